The number of fused-ring (bicyclic) bond motifs is 2. The van der Waals surface area contributed by atoms with Crippen molar-refractivity contribution >= 4 is 28.7 Å². The van der Waals surface area contributed by atoms with Crippen LogP contribution in [0.15, 0.2) is 54.9 Å². The number of benzene rings is 1. The van der Waals surface area contributed by atoms with Crippen molar-refractivity contribution in [3.8, 4) is 0 Å². The third kappa shape index (κ3) is 3.43. The summed E-state index contributed by atoms with van der Waals surface area (Å²) in [5, 5.41) is 13.6. The van der Waals surface area contributed by atoms with Gasteiger partial charge in [-0.05, 0) is 54.4 Å². The number of carbonyl (C=O) groups excluding carboxylic acids is 1. The van der Waals surface area contributed by atoms with Crippen LogP contribution in [-0.4, -0.2) is 37.2 Å². The van der Waals surface area contributed by atoms with Gasteiger partial charge >= 0.3 is 6.18 Å². The molecule has 1 aliphatic heterocycles. The summed E-state index contributed by atoms with van der Waals surface area (Å²) in [7, 11) is 0. The van der Waals surface area contributed by atoms with E-state index >= 15 is 0 Å². The van der Waals surface area contributed by atoms with Crippen LogP contribution in [0.1, 0.15) is 21.7 Å². The summed E-state index contributed by atoms with van der Waals surface area (Å²) in [4.78, 5) is 18.4. The van der Waals surface area contributed by atoms with Crippen LogP contribution in [0.25, 0.3) is 5.65 Å². The molecule has 1 amide bonds. The van der Waals surface area contributed by atoms with Crippen LogP contribution in [0.3, 0.4) is 0 Å². The number of alkyl halides is 3. The first-order chi connectivity index (χ1) is 14.9. The quantitative estimate of drug-likeness (QED) is 0.541. The fraction of sp³-hybridized carbons (Fsp3) is 0.150. The molecule has 5 rings (SSSR count). The van der Waals surface area contributed by atoms with E-state index in [1.54, 1.807) is 35.4 Å². The highest BCUT2D eigenvalue weighted by Crippen LogP contribution is 2.33. The van der Waals surface area contributed by atoms with E-state index in [0.717, 1.165) is 11.3 Å². The van der Waals surface area contributed by atoms with Gasteiger partial charge in [0.25, 0.3) is 11.7 Å². The van der Waals surface area contributed by atoms with E-state index < -0.39 is 12.0 Å². The number of hydrogen-bond acceptors (Lipinski definition) is 6. The normalized spacial score (nSPS) is 13.5. The fourth-order valence-electron chi connectivity index (χ4n) is 3.52. The Balaban J connectivity index is 1.40. The summed E-state index contributed by atoms with van der Waals surface area (Å²) in [6, 6.07) is 11.8. The number of anilines is 3. The monoisotopic (exact) mass is 425 g/mol. The molecule has 4 heterocycles. The molecule has 0 unspecified atom stereocenters. The van der Waals surface area contributed by atoms with Crippen LogP contribution >= 0.6 is 0 Å². The standard InChI is InChI=1S/C20H14F3N7O/c21-20(22,23)19-27-26-17-6-5-16(28-30(17)19)25-14-3-4-15-12(10-14)7-9-29(15)18(31)13-2-1-8-24-11-13/h1-6,8,10-11H,7,9H2,(H,25,28). The molecule has 156 valence electrons. The van der Waals surface area contributed by atoms with Gasteiger partial charge in [-0.25, -0.2) is 0 Å². The molecule has 31 heavy (non-hydrogen) atoms. The largest absolute Gasteiger partial charge is 0.453 e. The lowest BCUT2D eigenvalue weighted by Crippen LogP contribution is -2.28. The molecule has 11 heteroatoms. The van der Waals surface area contributed by atoms with E-state index in [2.05, 4.69) is 25.6 Å². The molecule has 8 nitrogen and oxygen atoms in total. The zero-order valence-electron chi connectivity index (χ0n) is 15.8. The van der Waals surface area contributed by atoms with Crippen molar-refractivity contribution in [2.75, 3.05) is 16.8 Å². The predicted molar refractivity (Wildman–Crippen MR) is 105 cm³/mol. The van der Waals surface area contributed by atoms with Crippen molar-refractivity contribution in [1.29, 1.82) is 0 Å². The van der Waals surface area contributed by atoms with Crippen LogP contribution in [-0.2, 0) is 12.6 Å². The molecule has 0 bridgehead atoms. The van der Waals surface area contributed by atoms with Gasteiger partial charge in [-0.15, -0.1) is 15.3 Å². The van der Waals surface area contributed by atoms with Crippen LogP contribution in [0, 0.1) is 0 Å². The smallest absolute Gasteiger partial charge is 0.339 e. The van der Waals surface area contributed by atoms with E-state index in [4.69, 9.17) is 0 Å². The molecule has 1 aliphatic rings. The van der Waals surface area contributed by atoms with Crippen molar-refractivity contribution in [2.45, 2.75) is 12.6 Å². The Hall–Kier alpha value is -4.02. The summed E-state index contributed by atoms with van der Waals surface area (Å²) in [5.41, 5.74) is 2.88. The number of rotatable bonds is 3. The molecule has 4 aromatic rings. The van der Waals surface area contributed by atoms with E-state index in [-0.39, 0.29) is 17.4 Å². The summed E-state index contributed by atoms with van der Waals surface area (Å²) in [6.07, 6.45) is -0.871. The Bertz CT molecular complexity index is 1290. The Labute approximate surface area is 173 Å². The van der Waals surface area contributed by atoms with Crippen molar-refractivity contribution in [1.82, 2.24) is 24.8 Å². The van der Waals surface area contributed by atoms with Crippen molar-refractivity contribution < 1.29 is 18.0 Å². The van der Waals surface area contributed by atoms with Gasteiger partial charge in [0, 0.05) is 30.3 Å². The second-order valence-corrected chi connectivity index (χ2v) is 6.93. The minimum Gasteiger partial charge on any atom is -0.339 e. The van der Waals surface area contributed by atoms with Gasteiger partial charge in [-0.2, -0.15) is 17.7 Å². The highest BCUT2D eigenvalue weighted by Gasteiger charge is 2.37. The Morgan fingerprint density at radius 1 is 1.10 bits per heavy atom. The van der Waals surface area contributed by atoms with Crippen molar-refractivity contribution in [3.63, 3.8) is 0 Å². The zero-order valence-corrected chi connectivity index (χ0v) is 15.8. The number of nitrogens with one attached hydrogen (secondary N) is 1. The lowest BCUT2D eigenvalue weighted by Gasteiger charge is -2.17. The molecular weight excluding hydrogens is 411 g/mol. The van der Waals surface area contributed by atoms with Gasteiger partial charge in [-0.3, -0.25) is 9.78 Å². The summed E-state index contributed by atoms with van der Waals surface area (Å²) >= 11 is 0. The van der Waals surface area contributed by atoms with Gasteiger partial charge in [0.1, 0.15) is 0 Å². The predicted octanol–water partition coefficient (Wildman–Crippen LogP) is 3.48. The number of amides is 1. The Morgan fingerprint density at radius 2 is 1.97 bits per heavy atom. The van der Waals surface area contributed by atoms with Crippen LogP contribution in [0.4, 0.5) is 30.4 Å². The first-order valence-corrected chi connectivity index (χ1v) is 9.32. The fourth-order valence-corrected chi connectivity index (χ4v) is 3.52. The maximum absolute atomic E-state index is 13.1. The molecule has 0 saturated heterocycles. The first kappa shape index (κ1) is 19.0. The van der Waals surface area contributed by atoms with Gasteiger partial charge < -0.3 is 10.2 Å². The van der Waals surface area contributed by atoms with Gasteiger partial charge in [0.15, 0.2) is 11.5 Å². The molecule has 0 aliphatic carbocycles. The van der Waals surface area contributed by atoms with Crippen LogP contribution in [0.2, 0.25) is 0 Å². The highest BCUT2D eigenvalue weighted by molar-refractivity contribution is 6.07. The lowest BCUT2D eigenvalue weighted by atomic mass is 10.1. The van der Waals surface area contributed by atoms with Gasteiger partial charge in [0.2, 0.25) is 0 Å². The number of hydrogen-bond donors (Lipinski definition) is 1. The average molecular weight is 425 g/mol. The van der Waals surface area contributed by atoms with Crippen LogP contribution < -0.4 is 10.2 Å². The van der Waals surface area contributed by atoms with Crippen LogP contribution in [0.5, 0.6) is 0 Å². The minimum atomic E-state index is -4.66. The average Bonchev–Trinajstić information content (AvgIpc) is 3.37. The second kappa shape index (κ2) is 7.04. The molecule has 0 saturated carbocycles. The second-order valence-electron chi connectivity index (χ2n) is 6.93. The van der Waals surface area contributed by atoms with Crippen molar-refractivity contribution in [2.24, 2.45) is 0 Å². The number of carbonyl (C=O) groups is 1. The lowest BCUT2D eigenvalue weighted by molar-refractivity contribution is -0.146. The van der Waals surface area contributed by atoms with Gasteiger partial charge in [-0.1, -0.05) is 0 Å². The number of pyridine rings is 1. The third-order valence-electron chi connectivity index (χ3n) is 4.92. The van der Waals surface area contributed by atoms with E-state index in [1.807, 2.05) is 6.07 Å². The Kier molecular flexibility index (Phi) is 4.31. The zero-order chi connectivity index (χ0) is 21.6. The maximum atomic E-state index is 13.1. The highest BCUT2D eigenvalue weighted by atomic mass is 19.4. The first-order valence-electron chi connectivity index (χ1n) is 9.32. The van der Waals surface area contributed by atoms with E-state index in [1.165, 1.54) is 18.3 Å². The Morgan fingerprint density at radius 3 is 2.74 bits per heavy atom. The van der Waals surface area contributed by atoms with Gasteiger partial charge in [0.05, 0.1) is 5.56 Å². The maximum Gasteiger partial charge on any atom is 0.453 e. The molecule has 1 N–H and O–H groups in total. The SMILES string of the molecule is O=C(c1cccnc1)N1CCc2cc(Nc3ccc4nnc(C(F)(F)F)n4n3)ccc21. The molecule has 0 spiro atoms. The summed E-state index contributed by atoms with van der Waals surface area (Å²) < 4.78 is 39.9. The topological polar surface area (TPSA) is 88.3 Å². The summed E-state index contributed by atoms with van der Waals surface area (Å²) in [6.45, 7) is 0.534. The molecule has 0 atom stereocenters. The summed E-state index contributed by atoms with van der Waals surface area (Å²) in [5.74, 6) is -1.12. The number of nitrogens with zero attached hydrogens (tertiary/aromatic N) is 6. The molecule has 1 aromatic carbocycles. The molecule has 0 fully saturated rings. The van der Waals surface area contributed by atoms with Crippen molar-refractivity contribution in [3.05, 3.63) is 71.8 Å². The van der Waals surface area contributed by atoms with E-state index in [0.29, 0.717) is 28.7 Å². The number of aromatic nitrogens is 5. The molecular formula is C20H14F3N7O. The third-order valence-corrected chi connectivity index (χ3v) is 4.92. The molecule has 3 aromatic heterocycles. The molecule has 0 radical (unpaired) electrons. The van der Waals surface area contributed by atoms with E-state index in [9.17, 15) is 18.0 Å². The number of halogens is 3. The minimum absolute atomic E-state index is 0.00335.